The van der Waals surface area contributed by atoms with E-state index in [1.807, 2.05) is 6.92 Å². The maximum atomic E-state index is 14.7. The fourth-order valence-electron chi connectivity index (χ4n) is 3.45. The summed E-state index contributed by atoms with van der Waals surface area (Å²) in [5, 5.41) is 7.60. The zero-order valence-electron chi connectivity index (χ0n) is 16.3. The standard InChI is InChI=1S/C21H24FN5O2/c1-2-7-26-14-17(3-4-21(26)28)27-13-15(11-24-27)18-12-23-20(10-19(18)22)25-16-5-8-29-9-6-16/h3-4,10-14,16H,2,5-9H2,1H3,(H,23,25). The fraction of sp³-hybridized carbons (Fsp3) is 0.381. The highest BCUT2D eigenvalue weighted by Gasteiger charge is 2.16. The average molecular weight is 397 g/mol. The molecule has 0 spiro atoms. The number of nitrogens with one attached hydrogen (secondary N) is 1. The van der Waals surface area contributed by atoms with Crippen LogP contribution in [0.25, 0.3) is 16.8 Å². The van der Waals surface area contributed by atoms with Crippen molar-refractivity contribution in [3.63, 3.8) is 0 Å². The molecule has 1 saturated heterocycles. The van der Waals surface area contributed by atoms with E-state index in [1.165, 1.54) is 18.3 Å². The van der Waals surface area contributed by atoms with Gasteiger partial charge in [-0.15, -0.1) is 0 Å². The molecule has 0 amide bonds. The normalized spacial score (nSPS) is 14.8. The molecule has 152 valence electrons. The minimum absolute atomic E-state index is 0.0501. The van der Waals surface area contributed by atoms with Gasteiger partial charge in [-0.25, -0.2) is 14.1 Å². The molecule has 0 aliphatic carbocycles. The molecular formula is C21H24FN5O2. The van der Waals surface area contributed by atoms with Crippen LogP contribution in [-0.4, -0.2) is 38.6 Å². The Kier molecular flexibility index (Phi) is 5.71. The van der Waals surface area contributed by atoms with Crippen LogP contribution in [0.4, 0.5) is 10.2 Å². The van der Waals surface area contributed by atoms with E-state index in [4.69, 9.17) is 4.74 Å². The van der Waals surface area contributed by atoms with Gasteiger partial charge in [-0.2, -0.15) is 5.10 Å². The van der Waals surface area contributed by atoms with E-state index in [0.29, 0.717) is 36.7 Å². The van der Waals surface area contributed by atoms with E-state index >= 15 is 0 Å². The summed E-state index contributed by atoms with van der Waals surface area (Å²) in [5.74, 6) is 0.169. The lowest BCUT2D eigenvalue weighted by atomic mass is 10.1. The van der Waals surface area contributed by atoms with Crippen LogP contribution in [0, 0.1) is 5.82 Å². The second kappa shape index (κ2) is 8.57. The first-order valence-electron chi connectivity index (χ1n) is 9.90. The van der Waals surface area contributed by atoms with E-state index in [9.17, 15) is 9.18 Å². The van der Waals surface area contributed by atoms with E-state index in [-0.39, 0.29) is 17.4 Å². The summed E-state index contributed by atoms with van der Waals surface area (Å²) in [6.07, 6.45) is 9.26. The molecule has 4 rings (SSSR count). The number of ether oxygens (including phenoxy) is 1. The first-order chi connectivity index (χ1) is 14.1. The molecule has 3 aromatic heterocycles. The molecule has 0 radical (unpaired) electrons. The molecule has 4 heterocycles. The van der Waals surface area contributed by atoms with Crippen molar-refractivity contribution in [1.82, 2.24) is 19.3 Å². The van der Waals surface area contributed by atoms with Crippen molar-refractivity contribution >= 4 is 5.82 Å². The maximum absolute atomic E-state index is 14.7. The quantitative estimate of drug-likeness (QED) is 0.691. The van der Waals surface area contributed by atoms with Gasteiger partial charge in [0.05, 0.1) is 11.9 Å². The van der Waals surface area contributed by atoms with E-state index < -0.39 is 0 Å². The second-order valence-electron chi connectivity index (χ2n) is 7.17. The van der Waals surface area contributed by atoms with Gasteiger partial charge in [-0.1, -0.05) is 6.92 Å². The monoisotopic (exact) mass is 397 g/mol. The molecule has 3 aromatic rings. The van der Waals surface area contributed by atoms with Crippen LogP contribution < -0.4 is 10.9 Å². The summed E-state index contributed by atoms with van der Waals surface area (Å²) in [6.45, 7) is 4.08. The summed E-state index contributed by atoms with van der Waals surface area (Å²) in [5.41, 5.74) is 1.71. The second-order valence-corrected chi connectivity index (χ2v) is 7.17. The van der Waals surface area contributed by atoms with Gasteiger partial charge in [0.25, 0.3) is 5.56 Å². The lowest BCUT2D eigenvalue weighted by molar-refractivity contribution is 0.0904. The predicted octanol–water partition coefficient (Wildman–Crippen LogP) is 3.24. The molecule has 8 heteroatoms. The Hall–Kier alpha value is -3.00. The van der Waals surface area contributed by atoms with Crippen molar-refractivity contribution in [2.45, 2.75) is 38.8 Å². The summed E-state index contributed by atoms with van der Waals surface area (Å²) in [4.78, 5) is 16.3. The molecule has 1 aliphatic rings. The van der Waals surface area contributed by atoms with Gasteiger partial charge in [0.2, 0.25) is 0 Å². The number of nitrogens with zero attached hydrogens (tertiary/aromatic N) is 4. The first-order valence-corrected chi connectivity index (χ1v) is 9.90. The van der Waals surface area contributed by atoms with Crippen LogP contribution in [0.3, 0.4) is 0 Å². The van der Waals surface area contributed by atoms with Gasteiger partial charge in [0, 0.05) is 67.7 Å². The minimum atomic E-state index is -0.356. The number of hydrogen-bond donors (Lipinski definition) is 1. The lowest BCUT2D eigenvalue weighted by Gasteiger charge is -2.23. The van der Waals surface area contributed by atoms with Crippen molar-refractivity contribution in [2.75, 3.05) is 18.5 Å². The van der Waals surface area contributed by atoms with Gasteiger partial charge in [0.1, 0.15) is 11.6 Å². The Morgan fingerprint density at radius 2 is 2.07 bits per heavy atom. The number of aromatic nitrogens is 4. The van der Waals surface area contributed by atoms with Crippen LogP contribution in [0.15, 0.2) is 47.8 Å². The molecular weight excluding hydrogens is 373 g/mol. The highest BCUT2D eigenvalue weighted by atomic mass is 19.1. The fourth-order valence-corrected chi connectivity index (χ4v) is 3.45. The topological polar surface area (TPSA) is 74.0 Å². The Morgan fingerprint density at radius 3 is 2.83 bits per heavy atom. The molecule has 0 aromatic carbocycles. The smallest absolute Gasteiger partial charge is 0.250 e. The van der Waals surface area contributed by atoms with Gasteiger partial charge in [0.15, 0.2) is 0 Å². The Bertz CT molecular complexity index is 1040. The number of pyridine rings is 2. The predicted molar refractivity (Wildman–Crippen MR) is 109 cm³/mol. The molecule has 1 fully saturated rings. The van der Waals surface area contributed by atoms with Gasteiger partial charge < -0.3 is 14.6 Å². The molecule has 7 nitrogen and oxygen atoms in total. The zero-order valence-corrected chi connectivity index (χ0v) is 16.3. The van der Waals surface area contributed by atoms with Gasteiger partial charge in [-0.05, 0) is 25.3 Å². The number of anilines is 1. The van der Waals surface area contributed by atoms with Crippen molar-refractivity contribution in [3.05, 3.63) is 59.2 Å². The zero-order chi connectivity index (χ0) is 20.2. The molecule has 0 bridgehead atoms. The van der Waals surface area contributed by atoms with E-state index in [0.717, 1.165) is 24.9 Å². The molecule has 0 atom stereocenters. The van der Waals surface area contributed by atoms with E-state index in [2.05, 4.69) is 15.4 Å². The average Bonchev–Trinajstić information content (AvgIpc) is 3.20. The Morgan fingerprint density at radius 1 is 1.24 bits per heavy atom. The molecule has 1 N–H and O–H groups in total. The Labute approximate surface area is 168 Å². The van der Waals surface area contributed by atoms with Crippen LogP contribution >= 0.6 is 0 Å². The van der Waals surface area contributed by atoms with Crippen molar-refractivity contribution in [2.24, 2.45) is 0 Å². The van der Waals surface area contributed by atoms with Crippen molar-refractivity contribution in [1.29, 1.82) is 0 Å². The lowest BCUT2D eigenvalue weighted by Crippen LogP contribution is -2.28. The number of rotatable bonds is 6. The first kappa shape index (κ1) is 19.3. The number of hydrogen-bond acceptors (Lipinski definition) is 5. The Balaban J connectivity index is 1.54. The van der Waals surface area contributed by atoms with Crippen molar-refractivity contribution in [3.8, 4) is 16.8 Å². The summed E-state index contributed by atoms with van der Waals surface area (Å²) >= 11 is 0. The largest absolute Gasteiger partial charge is 0.381 e. The summed E-state index contributed by atoms with van der Waals surface area (Å²) in [6, 6.07) is 4.90. The molecule has 0 unspecified atom stereocenters. The van der Waals surface area contributed by atoms with Gasteiger partial charge >= 0.3 is 0 Å². The van der Waals surface area contributed by atoms with Crippen LogP contribution in [0.2, 0.25) is 0 Å². The van der Waals surface area contributed by atoms with Crippen LogP contribution in [-0.2, 0) is 11.3 Å². The van der Waals surface area contributed by atoms with Crippen molar-refractivity contribution < 1.29 is 9.13 Å². The molecule has 0 saturated carbocycles. The van der Waals surface area contributed by atoms with E-state index in [1.54, 1.807) is 33.9 Å². The third-order valence-electron chi connectivity index (χ3n) is 5.02. The SMILES string of the molecule is CCCn1cc(-n2cc(-c3cnc(NC4CCOCC4)cc3F)cn2)ccc1=O. The summed E-state index contributed by atoms with van der Waals surface area (Å²) in [7, 11) is 0. The third kappa shape index (κ3) is 4.37. The van der Waals surface area contributed by atoms with Crippen LogP contribution in [0.1, 0.15) is 26.2 Å². The third-order valence-corrected chi connectivity index (χ3v) is 5.02. The maximum Gasteiger partial charge on any atom is 0.250 e. The van der Waals surface area contributed by atoms with Gasteiger partial charge in [-0.3, -0.25) is 4.79 Å². The van der Waals surface area contributed by atoms with Crippen LogP contribution in [0.5, 0.6) is 0 Å². The molecule has 29 heavy (non-hydrogen) atoms. The highest BCUT2D eigenvalue weighted by molar-refractivity contribution is 5.63. The molecule has 1 aliphatic heterocycles. The summed E-state index contributed by atoms with van der Waals surface area (Å²) < 4.78 is 23.4. The minimum Gasteiger partial charge on any atom is -0.381 e. The number of halogens is 1. The number of aryl methyl sites for hydroxylation is 1. The highest BCUT2D eigenvalue weighted by Crippen LogP contribution is 2.25.